The van der Waals surface area contributed by atoms with Crippen molar-refractivity contribution in [1.29, 1.82) is 0 Å². The molecule has 0 aliphatic heterocycles. The van der Waals surface area contributed by atoms with Crippen molar-refractivity contribution < 1.29 is 28.5 Å². The molecule has 0 bridgehead atoms. The third-order valence-electron chi connectivity index (χ3n) is 7.15. The van der Waals surface area contributed by atoms with Gasteiger partial charge >= 0.3 is 11.9 Å². The summed E-state index contributed by atoms with van der Waals surface area (Å²) in [4.78, 5) is 22.1. The lowest BCUT2D eigenvalue weighted by atomic mass is 9.60. The minimum Gasteiger partial charge on any atom is -0.460 e. The first-order valence-electron chi connectivity index (χ1n) is 11.7. The van der Waals surface area contributed by atoms with Crippen LogP contribution in [-0.4, -0.2) is 50.6 Å². The molecular weight excluding hydrogens is 396 g/mol. The lowest BCUT2D eigenvalue weighted by molar-refractivity contribution is -0.141. The van der Waals surface area contributed by atoms with Crippen LogP contribution in [0.2, 0.25) is 0 Å². The number of ether oxygens (including phenoxy) is 4. The molecule has 0 heterocycles. The van der Waals surface area contributed by atoms with Crippen LogP contribution >= 0.6 is 0 Å². The Morgan fingerprint density at radius 3 is 1.39 bits per heavy atom. The van der Waals surface area contributed by atoms with Crippen molar-refractivity contribution in [3.05, 3.63) is 25.3 Å². The molecule has 2 aliphatic carbocycles. The summed E-state index contributed by atoms with van der Waals surface area (Å²) < 4.78 is 21.8. The van der Waals surface area contributed by atoms with Gasteiger partial charge in [-0.15, -0.1) is 0 Å². The van der Waals surface area contributed by atoms with Crippen molar-refractivity contribution in [1.82, 2.24) is 0 Å². The zero-order valence-electron chi connectivity index (χ0n) is 19.3. The highest BCUT2D eigenvalue weighted by molar-refractivity contribution is 5.81. The van der Waals surface area contributed by atoms with Crippen LogP contribution in [-0.2, 0) is 28.5 Å². The number of rotatable bonds is 12. The lowest BCUT2D eigenvalue weighted by Gasteiger charge is -2.46. The van der Waals surface area contributed by atoms with Gasteiger partial charge in [0.1, 0.15) is 13.2 Å². The molecule has 0 spiro atoms. The second kappa shape index (κ2) is 13.0. The van der Waals surface area contributed by atoms with Crippen LogP contribution in [0.25, 0.3) is 0 Å². The van der Waals surface area contributed by atoms with Crippen LogP contribution in [0, 0.1) is 17.3 Å². The summed E-state index contributed by atoms with van der Waals surface area (Å²) in [6, 6.07) is 0. The van der Waals surface area contributed by atoms with Crippen LogP contribution in [0.4, 0.5) is 0 Å². The SMILES string of the molecule is C=CC(=O)OCCOC1CCC(C(C)(C)C2CCC(OCCOC(=O)C=C)CC2)CC1. The minimum atomic E-state index is -0.398. The Morgan fingerprint density at radius 2 is 1.06 bits per heavy atom. The maximum atomic E-state index is 11.1. The summed E-state index contributed by atoms with van der Waals surface area (Å²) in [7, 11) is 0. The molecule has 31 heavy (non-hydrogen) atoms. The highest BCUT2D eigenvalue weighted by atomic mass is 16.6. The van der Waals surface area contributed by atoms with Crippen LogP contribution in [0.5, 0.6) is 0 Å². The zero-order chi connectivity index (χ0) is 22.7. The second-order valence-corrected chi connectivity index (χ2v) is 9.25. The number of esters is 2. The van der Waals surface area contributed by atoms with Gasteiger partial charge in [0.25, 0.3) is 0 Å². The highest BCUT2D eigenvalue weighted by Crippen LogP contribution is 2.48. The normalized spacial score (nSPS) is 26.6. The third kappa shape index (κ3) is 8.41. The average molecular weight is 437 g/mol. The largest absolute Gasteiger partial charge is 0.460 e. The maximum absolute atomic E-state index is 11.1. The first-order valence-corrected chi connectivity index (χ1v) is 11.7. The second-order valence-electron chi connectivity index (χ2n) is 9.25. The van der Waals surface area contributed by atoms with Crippen LogP contribution < -0.4 is 0 Å². The van der Waals surface area contributed by atoms with Crippen molar-refractivity contribution in [2.75, 3.05) is 26.4 Å². The van der Waals surface area contributed by atoms with Crippen molar-refractivity contribution in [2.45, 2.75) is 77.4 Å². The van der Waals surface area contributed by atoms with Crippen LogP contribution in [0.3, 0.4) is 0 Å². The van der Waals surface area contributed by atoms with Gasteiger partial charge in [0.05, 0.1) is 25.4 Å². The predicted octanol–water partition coefficient (Wildman–Crippen LogP) is 4.62. The molecule has 2 saturated carbocycles. The first kappa shape index (κ1) is 25.6. The summed E-state index contributed by atoms with van der Waals surface area (Å²) in [5.74, 6) is 0.633. The fourth-order valence-electron chi connectivity index (χ4n) is 5.11. The Morgan fingerprint density at radius 1 is 0.710 bits per heavy atom. The van der Waals surface area contributed by atoms with Crippen molar-refractivity contribution in [2.24, 2.45) is 17.3 Å². The minimum absolute atomic E-state index is 0.272. The number of carbonyl (C=O) groups excluding carboxylic acids is 2. The monoisotopic (exact) mass is 436 g/mol. The van der Waals surface area contributed by atoms with E-state index in [1.165, 1.54) is 37.8 Å². The van der Waals surface area contributed by atoms with E-state index in [4.69, 9.17) is 18.9 Å². The molecule has 0 aromatic heterocycles. The zero-order valence-corrected chi connectivity index (χ0v) is 19.3. The maximum Gasteiger partial charge on any atom is 0.330 e. The Balaban J connectivity index is 1.64. The van der Waals surface area contributed by atoms with E-state index in [9.17, 15) is 9.59 Å². The van der Waals surface area contributed by atoms with Gasteiger partial charge in [0.2, 0.25) is 0 Å². The van der Waals surface area contributed by atoms with Gasteiger partial charge in [0.15, 0.2) is 0 Å². The van der Waals surface area contributed by atoms with E-state index in [2.05, 4.69) is 27.0 Å². The summed E-state index contributed by atoms with van der Waals surface area (Å²) in [6.07, 6.45) is 12.0. The standard InChI is InChI=1S/C25H40O6/c1-5-23(26)30-17-15-28-21-11-7-19(8-12-21)25(3,4)20-9-13-22(14-10-20)29-16-18-31-24(27)6-2/h5-6,19-22H,1-2,7-18H2,3-4H3. The van der Waals surface area contributed by atoms with E-state index < -0.39 is 11.9 Å². The van der Waals surface area contributed by atoms with Gasteiger partial charge in [-0.05, 0) is 68.6 Å². The van der Waals surface area contributed by atoms with Gasteiger partial charge in [-0.1, -0.05) is 27.0 Å². The Bertz CT molecular complexity index is 533. The van der Waals surface area contributed by atoms with Crippen molar-refractivity contribution in [3.63, 3.8) is 0 Å². The van der Waals surface area contributed by atoms with E-state index >= 15 is 0 Å². The Hall–Kier alpha value is -1.66. The van der Waals surface area contributed by atoms with Crippen molar-refractivity contribution >= 4 is 11.9 Å². The molecule has 0 atom stereocenters. The topological polar surface area (TPSA) is 71.1 Å². The molecule has 0 N–H and O–H groups in total. The summed E-state index contributed by atoms with van der Waals surface area (Å²) in [5.41, 5.74) is 0.314. The number of hydrogen-bond acceptors (Lipinski definition) is 6. The van der Waals surface area contributed by atoms with E-state index in [0.717, 1.165) is 25.7 Å². The van der Waals surface area contributed by atoms with Gasteiger partial charge < -0.3 is 18.9 Å². The molecule has 0 aromatic rings. The van der Waals surface area contributed by atoms with E-state index in [-0.39, 0.29) is 25.4 Å². The number of carbonyl (C=O) groups is 2. The molecule has 0 saturated heterocycles. The van der Waals surface area contributed by atoms with E-state index in [1.54, 1.807) is 0 Å². The first-order chi connectivity index (χ1) is 14.9. The van der Waals surface area contributed by atoms with Gasteiger partial charge in [0, 0.05) is 12.2 Å². The molecule has 2 fully saturated rings. The smallest absolute Gasteiger partial charge is 0.330 e. The van der Waals surface area contributed by atoms with Crippen molar-refractivity contribution in [3.8, 4) is 0 Å². The lowest BCUT2D eigenvalue weighted by Crippen LogP contribution is -2.39. The molecule has 0 radical (unpaired) electrons. The summed E-state index contributed by atoms with van der Waals surface area (Å²) in [5, 5.41) is 0. The van der Waals surface area contributed by atoms with Gasteiger partial charge in [-0.2, -0.15) is 0 Å². The summed E-state index contributed by atoms with van der Waals surface area (Å²) >= 11 is 0. The fraction of sp³-hybridized carbons (Fsp3) is 0.760. The molecule has 0 unspecified atom stereocenters. The molecular formula is C25H40O6. The Labute approximate surface area is 187 Å². The molecule has 0 amide bonds. The quantitative estimate of drug-likeness (QED) is 0.252. The van der Waals surface area contributed by atoms with E-state index in [0.29, 0.717) is 30.5 Å². The molecule has 2 rings (SSSR count). The predicted molar refractivity (Wildman–Crippen MR) is 119 cm³/mol. The molecule has 176 valence electrons. The molecule has 6 nitrogen and oxygen atoms in total. The van der Waals surface area contributed by atoms with Crippen LogP contribution in [0.15, 0.2) is 25.3 Å². The molecule has 0 aromatic carbocycles. The molecule has 6 heteroatoms. The fourth-order valence-corrected chi connectivity index (χ4v) is 5.11. The van der Waals surface area contributed by atoms with E-state index in [1.807, 2.05) is 0 Å². The number of hydrogen-bond donors (Lipinski definition) is 0. The average Bonchev–Trinajstić information content (AvgIpc) is 2.79. The highest BCUT2D eigenvalue weighted by Gasteiger charge is 2.40. The van der Waals surface area contributed by atoms with Crippen LogP contribution in [0.1, 0.15) is 65.2 Å². The summed E-state index contributed by atoms with van der Waals surface area (Å²) in [6.45, 7) is 13.1. The van der Waals surface area contributed by atoms with Gasteiger partial charge in [-0.3, -0.25) is 0 Å². The molecule has 2 aliphatic rings. The van der Waals surface area contributed by atoms with Gasteiger partial charge in [-0.25, -0.2) is 9.59 Å². The third-order valence-corrected chi connectivity index (χ3v) is 7.15. The Kier molecular flexibility index (Phi) is 10.7.